The molecule has 0 aliphatic heterocycles. The molecule has 2 N–H and O–H groups in total. The van der Waals surface area contributed by atoms with Crippen molar-refractivity contribution in [1.82, 2.24) is 4.98 Å². The number of alkyl halides is 1. The molecule has 1 heterocycles. The fraction of sp³-hybridized carbons (Fsp3) is 0.357. The van der Waals surface area contributed by atoms with Crippen molar-refractivity contribution < 1.29 is 4.39 Å². The zero-order chi connectivity index (χ0) is 12.3. The summed E-state index contributed by atoms with van der Waals surface area (Å²) >= 11 is 0. The zero-order valence-electron chi connectivity index (χ0n) is 9.99. The molecule has 1 aromatic carbocycles. The van der Waals surface area contributed by atoms with Gasteiger partial charge < -0.3 is 5.73 Å². The minimum atomic E-state index is -1.47. The van der Waals surface area contributed by atoms with Gasteiger partial charge in [0.25, 0.3) is 0 Å². The molecule has 2 nitrogen and oxygen atoms in total. The molecule has 90 valence electrons. The summed E-state index contributed by atoms with van der Waals surface area (Å²) in [5.74, 6) is 0. The lowest BCUT2D eigenvalue weighted by Gasteiger charge is -2.24. The molecule has 0 amide bonds. The van der Waals surface area contributed by atoms with E-state index in [-0.39, 0.29) is 6.54 Å². The Morgan fingerprint density at radius 2 is 2.06 bits per heavy atom. The van der Waals surface area contributed by atoms with Crippen LogP contribution in [0.2, 0.25) is 0 Å². The fourth-order valence-corrected chi connectivity index (χ4v) is 2.21. The molecule has 0 aliphatic carbocycles. The van der Waals surface area contributed by atoms with Crippen molar-refractivity contribution in [2.75, 3.05) is 6.54 Å². The van der Waals surface area contributed by atoms with E-state index in [2.05, 4.69) is 4.98 Å². The summed E-state index contributed by atoms with van der Waals surface area (Å²) in [6.07, 6.45) is 2.88. The monoisotopic (exact) mass is 232 g/mol. The first-order valence-corrected chi connectivity index (χ1v) is 5.94. The molecule has 0 bridgehead atoms. The molecule has 1 aromatic heterocycles. The van der Waals surface area contributed by atoms with Crippen LogP contribution in [0.15, 0.2) is 36.5 Å². The average molecular weight is 232 g/mol. The number of hydrogen-bond acceptors (Lipinski definition) is 2. The Morgan fingerprint density at radius 1 is 1.29 bits per heavy atom. The van der Waals surface area contributed by atoms with Crippen LogP contribution in [0.5, 0.6) is 0 Å². The summed E-state index contributed by atoms with van der Waals surface area (Å²) < 4.78 is 14.8. The molecule has 2 rings (SSSR count). The van der Waals surface area contributed by atoms with E-state index < -0.39 is 5.67 Å². The van der Waals surface area contributed by atoms with Gasteiger partial charge in [-0.25, -0.2) is 4.39 Å². The van der Waals surface area contributed by atoms with Gasteiger partial charge in [-0.05, 0) is 12.5 Å². The van der Waals surface area contributed by atoms with E-state index in [1.165, 1.54) is 0 Å². The Labute approximate surface area is 101 Å². The third kappa shape index (κ3) is 2.15. The summed E-state index contributed by atoms with van der Waals surface area (Å²) in [5, 5.41) is 0.955. The van der Waals surface area contributed by atoms with Gasteiger partial charge in [-0.1, -0.05) is 37.6 Å². The van der Waals surface area contributed by atoms with Gasteiger partial charge in [0.1, 0.15) is 5.67 Å². The molecule has 0 fully saturated rings. The van der Waals surface area contributed by atoms with Gasteiger partial charge in [-0.15, -0.1) is 0 Å². The van der Waals surface area contributed by atoms with Gasteiger partial charge in [-0.3, -0.25) is 4.98 Å². The molecular weight excluding hydrogens is 215 g/mol. The second-order valence-electron chi connectivity index (χ2n) is 4.30. The van der Waals surface area contributed by atoms with Crippen molar-refractivity contribution in [3.63, 3.8) is 0 Å². The maximum atomic E-state index is 14.8. The van der Waals surface area contributed by atoms with Gasteiger partial charge >= 0.3 is 0 Å². The van der Waals surface area contributed by atoms with Gasteiger partial charge in [0.05, 0.1) is 5.52 Å². The van der Waals surface area contributed by atoms with Crippen molar-refractivity contribution in [3.8, 4) is 0 Å². The minimum absolute atomic E-state index is 0.00344. The van der Waals surface area contributed by atoms with Gasteiger partial charge in [0.2, 0.25) is 0 Å². The number of hydrogen-bond donors (Lipinski definition) is 1. The number of benzene rings is 1. The highest BCUT2D eigenvalue weighted by atomic mass is 19.1. The van der Waals surface area contributed by atoms with Crippen LogP contribution in [-0.4, -0.2) is 11.5 Å². The van der Waals surface area contributed by atoms with Crippen LogP contribution in [0.25, 0.3) is 10.9 Å². The maximum absolute atomic E-state index is 14.8. The van der Waals surface area contributed by atoms with E-state index in [1.54, 1.807) is 12.3 Å². The molecule has 3 heteroatoms. The second kappa shape index (κ2) is 4.80. The van der Waals surface area contributed by atoms with Crippen molar-refractivity contribution >= 4 is 10.9 Å². The Balaban J connectivity index is 2.61. The van der Waals surface area contributed by atoms with Crippen molar-refractivity contribution in [2.45, 2.75) is 25.4 Å². The maximum Gasteiger partial charge on any atom is 0.150 e. The van der Waals surface area contributed by atoms with Gasteiger partial charge in [0, 0.05) is 23.7 Å². The molecule has 0 saturated heterocycles. The Bertz CT molecular complexity index is 507. The van der Waals surface area contributed by atoms with Gasteiger partial charge in [0.15, 0.2) is 0 Å². The highest BCUT2D eigenvalue weighted by Crippen LogP contribution is 2.34. The first-order valence-electron chi connectivity index (χ1n) is 5.94. The number of pyridine rings is 1. The van der Waals surface area contributed by atoms with E-state index in [0.717, 1.165) is 17.3 Å². The minimum Gasteiger partial charge on any atom is -0.327 e. The summed E-state index contributed by atoms with van der Waals surface area (Å²) in [6.45, 7) is 1.96. The normalized spacial score (nSPS) is 14.8. The summed E-state index contributed by atoms with van der Waals surface area (Å²) in [4.78, 5) is 4.28. The van der Waals surface area contributed by atoms with E-state index in [0.29, 0.717) is 12.0 Å². The predicted octanol–water partition coefficient (Wildman–Crippen LogP) is 3.16. The molecular formula is C14H17FN2. The molecule has 0 aliphatic rings. The molecule has 0 saturated carbocycles. The van der Waals surface area contributed by atoms with E-state index in [1.807, 2.05) is 31.2 Å². The summed E-state index contributed by atoms with van der Waals surface area (Å²) in [5.41, 5.74) is 5.47. The highest BCUT2D eigenvalue weighted by Gasteiger charge is 2.31. The summed E-state index contributed by atoms with van der Waals surface area (Å²) in [6, 6.07) is 9.38. The number of para-hydroxylation sites is 1. The zero-order valence-corrected chi connectivity index (χ0v) is 9.99. The SMILES string of the molecule is CCCC(F)(CN)c1cccc2cccnc12. The highest BCUT2D eigenvalue weighted by molar-refractivity contribution is 5.82. The number of rotatable bonds is 4. The van der Waals surface area contributed by atoms with Crippen molar-refractivity contribution in [2.24, 2.45) is 5.73 Å². The molecule has 1 atom stereocenters. The van der Waals surface area contributed by atoms with Crippen LogP contribution in [0.3, 0.4) is 0 Å². The van der Waals surface area contributed by atoms with Crippen LogP contribution in [-0.2, 0) is 5.67 Å². The second-order valence-corrected chi connectivity index (χ2v) is 4.30. The number of nitrogens with zero attached hydrogens (tertiary/aromatic N) is 1. The van der Waals surface area contributed by atoms with E-state index in [9.17, 15) is 4.39 Å². The number of fused-ring (bicyclic) bond motifs is 1. The first-order chi connectivity index (χ1) is 8.21. The lowest BCUT2D eigenvalue weighted by atomic mass is 9.89. The topological polar surface area (TPSA) is 38.9 Å². The Kier molecular flexibility index (Phi) is 3.38. The Morgan fingerprint density at radius 3 is 2.76 bits per heavy atom. The number of nitrogens with two attached hydrogens (primary N) is 1. The standard InChI is InChI=1S/C14H17FN2/c1-2-8-14(15,10-16)12-7-3-5-11-6-4-9-17-13(11)12/h3-7,9H,2,8,10,16H2,1H3. The van der Waals surface area contributed by atoms with Crippen LogP contribution >= 0.6 is 0 Å². The third-order valence-corrected chi connectivity index (χ3v) is 3.09. The lowest BCUT2D eigenvalue weighted by Crippen LogP contribution is -2.30. The molecule has 2 aromatic rings. The molecule has 0 spiro atoms. The van der Waals surface area contributed by atoms with Crippen LogP contribution in [0, 0.1) is 0 Å². The Hall–Kier alpha value is -1.48. The van der Waals surface area contributed by atoms with Crippen molar-refractivity contribution in [3.05, 3.63) is 42.1 Å². The quantitative estimate of drug-likeness (QED) is 0.879. The molecule has 1 unspecified atom stereocenters. The van der Waals surface area contributed by atoms with E-state index >= 15 is 0 Å². The molecule has 17 heavy (non-hydrogen) atoms. The van der Waals surface area contributed by atoms with Crippen LogP contribution in [0.4, 0.5) is 4.39 Å². The van der Waals surface area contributed by atoms with E-state index in [4.69, 9.17) is 5.73 Å². The smallest absolute Gasteiger partial charge is 0.150 e. The average Bonchev–Trinajstić information content (AvgIpc) is 2.38. The van der Waals surface area contributed by atoms with Crippen LogP contribution < -0.4 is 5.73 Å². The number of aromatic nitrogens is 1. The third-order valence-electron chi connectivity index (χ3n) is 3.09. The first kappa shape index (κ1) is 12.0. The van der Waals surface area contributed by atoms with Crippen LogP contribution in [0.1, 0.15) is 25.3 Å². The van der Waals surface area contributed by atoms with Crippen molar-refractivity contribution in [1.29, 1.82) is 0 Å². The largest absolute Gasteiger partial charge is 0.327 e. The van der Waals surface area contributed by atoms with Gasteiger partial charge in [-0.2, -0.15) is 0 Å². The lowest BCUT2D eigenvalue weighted by molar-refractivity contribution is 0.161. The molecule has 0 radical (unpaired) electrons. The number of halogens is 1. The predicted molar refractivity (Wildman–Crippen MR) is 68.5 cm³/mol. The fourth-order valence-electron chi connectivity index (χ4n) is 2.21. The summed E-state index contributed by atoms with van der Waals surface area (Å²) in [7, 11) is 0.